The van der Waals surface area contributed by atoms with Crippen LogP contribution in [0.4, 0.5) is 5.69 Å². The Morgan fingerprint density at radius 2 is 1.94 bits per heavy atom. The predicted octanol–water partition coefficient (Wildman–Crippen LogP) is 3.98. The molecule has 0 saturated heterocycles. The van der Waals surface area contributed by atoms with Crippen LogP contribution in [-0.4, -0.2) is 37.2 Å². The van der Waals surface area contributed by atoms with Gasteiger partial charge in [-0.25, -0.2) is 10.2 Å². The van der Waals surface area contributed by atoms with Crippen LogP contribution in [-0.2, 0) is 11.3 Å². The normalized spacial score (nSPS) is 10.7. The molecule has 0 radical (unpaired) electrons. The number of carbonyl (C=O) groups excluding carboxylic acids is 2. The minimum absolute atomic E-state index is 0.0304. The number of amides is 1. The standard InChI is InChI=1S/C22H18ClN3O8/c1-31-20-9-13(3-7-18(20)33-12-15-5-8-19(34-15)22(28)32-2)11-24-25-21(27)14-4-6-16(23)17(10-14)26(29)30/h3-11H,12H2,1-2H3,(H,25,27). The summed E-state index contributed by atoms with van der Waals surface area (Å²) in [5.74, 6) is 0.0474. The molecule has 0 aliphatic heterocycles. The van der Waals surface area contributed by atoms with Crippen LogP contribution in [0, 0.1) is 10.1 Å². The second-order valence-electron chi connectivity index (χ2n) is 6.58. The maximum absolute atomic E-state index is 12.2. The zero-order valence-electron chi connectivity index (χ0n) is 17.9. The number of rotatable bonds is 9. The van der Waals surface area contributed by atoms with E-state index in [0.717, 1.165) is 6.07 Å². The van der Waals surface area contributed by atoms with Crippen LogP contribution in [0.1, 0.15) is 32.2 Å². The molecule has 2 aromatic carbocycles. The molecule has 0 aliphatic rings. The summed E-state index contributed by atoms with van der Waals surface area (Å²) in [5.41, 5.74) is 2.52. The van der Waals surface area contributed by atoms with Gasteiger partial charge in [-0.3, -0.25) is 14.9 Å². The Morgan fingerprint density at radius 3 is 2.65 bits per heavy atom. The smallest absolute Gasteiger partial charge is 0.373 e. The minimum Gasteiger partial charge on any atom is -0.493 e. The van der Waals surface area contributed by atoms with Crippen molar-refractivity contribution in [1.29, 1.82) is 0 Å². The largest absolute Gasteiger partial charge is 0.493 e. The Morgan fingerprint density at radius 1 is 1.15 bits per heavy atom. The average Bonchev–Trinajstić information content (AvgIpc) is 3.31. The monoisotopic (exact) mass is 487 g/mol. The molecule has 0 bridgehead atoms. The van der Waals surface area contributed by atoms with Crippen LogP contribution in [0.5, 0.6) is 11.5 Å². The third-order valence-corrected chi connectivity index (χ3v) is 4.71. The van der Waals surface area contributed by atoms with Crippen molar-refractivity contribution in [2.45, 2.75) is 6.61 Å². The molecule has 176 valence electrons. The minimum atomic E-state index is -0.678. The number of nitro benzene ring substituents is 1. The number of carbonyl (C=O) groups is 2. The maximum Gasteiger partial charge on any atom is 0.373 e. The molecule has 0 fully saturated rings. The highest BCUT2D eigenvalue weighted by Gasteiger charge is 2.16. The summed E-state index contributed by atoms with van der Waals surface area (Å²) in [6.45, 7) is 0.0457. The van der Waals surface area contributed by atoms with Gasteiger partial charge in [0.05, 0.1) is 25.4 Å². The molecule has 1 heterocycles. The number of nitrogens with zero attached hydrogens (tertiary/aromatic N) is 2. The average molecular weight is 488 g/mol. The Labute approximate surface area is 198 Å². The highest BCUT2D eigenvalue weighted by Crippen LogP contribution is 2.29. The molecule has 1 amide bonds. The molecule has 0 saturated carbocycles. The topological polar surface area (TPSA) is 142 Å². The van der Waals surface area contributed by atoms with Gasteiger partial charge in [0, 0.05) is 11.6 Å². The summed E-state index contributed by atoms with van der Waals surface area (Å²) >= 11 is 5.75. The second kappa shape index (κ2) is 11.0. The quantitative estimate of drug-likeness (QED) is 0.206. The molecule has 0 atom stereocenters. The molecule has 1 N–H and O–H groups in total. The number of hydrazone groups is 1. The lowest BCUT2D eigenvalue weighted by atomic mass is 10.2. The van der Waals surface area contributed by atoms with Crippen molar-refractivity contribution in [3.05, 3.63) is 86.3 Å². The van der Waals surface area contributed by atoms with Crippen molar-refractivity contribution >= 4 is 35.4 Å². The van der Waals surface area contributed by atoms with Crippen LogP contribution in [0.25, 0.3) is 0 Å². The number of nitro groups is 1. The lowest BCUT2D eigenvalue weighted by molar-refractivity contribution is -0.384. The molecule has 3 rings (SSSR count). The van der Waals surface area contributed by atoms with E-state index in [-0.39, 0.29) is 28.6 Å². The van der Waals surface area contributed by atoms with E-state index in [9.17, 15) is 19.7 Å². The van der Waals surface area contributed by atoms with E-state index in [0.29, 0.717) is 22.8 Å². The first-order chi connectivity index (χ1) is 16.3. The number of methoxy groups -OCH3 is 2. The van der Waals surface area contributed by atoms with E-state index in [4.69, 9.17) is 25.5 Å². The van der Waals surface area contributed by atoms with E-state index in [1.54, 1.807) is 24.3 Å². The lowest BCUT2D eigenvalue weighted by Gasteiger charge is -2.10. The number of hydrogen-bond acceptors (Lipinski definition) is 9. The Kier molecular flexibility index (Phi) is 7.83. The molecule has 11 nitrogen and oxygen atoms in total. The fourth-order valence-corrected chi connectivity index (χ4v) is 2.91. The molecule has 0 spiro atoms. The van der Waals surface area contributed by atoms with Gasteiger partial charge < -0.3 is 18.6 Å². The fraction of sp³-hybridized carbons (Fsp3) is 0.136. The van der Waals surface area contributed by atoms with Crippen LogP contribution in [0.15, 0.2) is 58.0 Å². The summed E-state index contributed by atoms with van der Waals surface area (Å²) in [4.78, 5) is 34.0. The molecular formula is C22H18ClN3O8. The summed E-state index contributed by atoms with van der Waals surface area (Å²) in [6, 6.07) is 11.7. The van der Waals surface area contributed by atoms with Crippen molar-refractivity contribution < 1.29 is 33.1 Å². The van der Waals surface area contributed by atoms with Crippen LogP contribution >= 0.6 is 11.6 Å². The summed E-state index contributed by atoms with van der Waals surface area (Å²) in [7, 11) is 2.71. The van der Waals surface area contributed by atoms with Crippen molar-refractivity contribution in [3.63, 3.8) is 0 Å². The van der Waals surface area contributed by atoms with Gasteiger partial charge in [0.2, 0.25) is 5.76 Å². The molecule has 3 aromatic rings. The van der Waals surface area contributed by atoms with Gasteiger partial charge in [-0.2, -0.15) is 5.10 Å². The first-order valence-corrected chi connectivity index (χ1v) is 9.95. The number of furan rings is 1. The number of nitrogens with one attached hydrogen (secondary N) is 1. The number of hydrogen-bond donors (Lipinski definition) is 1. The van der Waals surface area contributed by atoms with E-state index in [2.05, 4.69) is 15.3 Å². The molecule has 12 heteroatoms. The molecule has 34 heavy (non-hydrogen) atoms. The van der Waals surface area contributed by atoms with Crippen LogP contribution in [0.2, 0.25) is 5.02 Å². The lowest BCUT2D eigenvalue weighted by Crippen LogP contribution is -2.17. The van der Waals surface area contributed by atoms with Crippen molar-refractivity contribution in [1.82, 2.24) is 5.43 Å². The Balaban J connectivity index is 1.63. The third kappa shape index (κ3) is 5.90. The van der Waals surface area contributed by atoms with Crippen molar-refractivity contribution in [2.75, 3.05) is 14.2 Å². The van der Waals surface area contributed by atoms with Gasteiger partial charge in [-0.05, 0) is 48.0 Å². The first-order valence-electron chi connectivity index (χ1n) is 9.57. The molecule has 1 aromatic heterocycles. The number of esters is 1. The molecule has 0 unspecified atom stereocenters. The summed E-state index contributed by atoms with van der Waals surface area (Å²) < 4.78 is 20.9. The van der Waals surface area contributed by atoms with Crippen molar-refractivity contribution in [3.8, 4) is 11.5 Å². The second-order valence-corrected chi connectivity index (χ2v) is 6.99. The fourth-order valence-electron chi connectivity index (χ4n) is 2.72. The third-order valence-electron chi connectivity index (χ3n) is 4.39. The van der Waals surface area contributed by atoms with E-state index >= 15 is 0 Å². The zero-order chi connectivity index (χ0) is 24.7. The van der Waals surface area contributed by atoms with Gasteiger partial charge >= 0.3 is 5.97 Å². The van der Waals surface area contributed by atoms with Crippen molar-refractivity contribution in [2.24, 2.45) is 5.10 Å². The first kappa shape index (κ1) is 24.3. The van der Waals surface area contributed by atoms with Crippen LogP contribution in [0.3, 0.4) is 0 Å². The van der Waals surface area contributed by atoms with E-state index in [1.165, 1.54) is 38.6 Å². The SMILES string of the molecule is COC(=O)c1ccc(COc2ccc(C=NNC(=O)c3ccc(Cl)c([N+](=O)[O-])c3)cc2OC)o1. The highest BCUT2D eigenvalue weighted by atomic mass is 35.5. The molecular weight excluding hydrogens is 470 g/mol. The van der Waals surface area contributed by atoms with Gasteiger partial charge in [-0.1, -0.05) is 11.6 Å². The Hall–Kier alpha value is -4.38. The van der Waals surface area contributed by atoms with Gasteiger partial charge in [-0.15, -0.1) is 0 Å². The van der Waals surface area contributed by atoms with Gasteiger partial charge in [0.15, 0.2) is 11.5 Å². The number of halogens is 1. The number of benzene rings is 2. The summed E-state index contributed by atoms with van der Waals surface area (Å²) in [6.07, 6.45) is 1.36. The van der Waals surface area contributed by atoms with E-state index < -0.39 is 16.8 Å². The van der Waals surface area contributed by atoms with E-state index in [1.807, 2.05) is 0 Å². The zero-order valence-corrected chi connectivity index (χ0v) is 18.7. The van der Waals surface area contributed by atoms with Crippen LogP contribution < -0.4 is 14.9 Å². The molecule has 0 aliphatic carbocycles. The summed E-state index contributed by atoms with van der Waals surface area (Å²) in [5, 5.41) is 14.7. The Bertz CT molecular complexity index is 1250. The van der Waals surface area contributed by atoms with Gasteiger partial charge in [0.25, 0.3) is 11.6 Å². The highest BCUT2D eigenvalue weighted by molar-refractivity contribution is 6.32. The maximum atomic E-state index is 12.2. The predicted molar refractivity (Wildman–Crippen MR) is 121 cm³/mol. The number of ether oxygens (including phenoxy) is 3. The van der Waals surface area contributed by atoms with Gasteiger partial charge in [0.1, 0.15) is 17.4 Å².